The molecule has 2 aromatic rings. The van der Waals surface area contributed by atoms with Crippen LogP contribution in [0.15, 0.2) is 55.5 Å². The molecule has 2 aliphatic rings. The normalized spacial score (nSPS) is 21.7. The predicted octanol–water partition coefficient (Wildman–Crippen LogP) is 19.0. The summed E-state index contributed by atoms with van der Waals surface area (Å²) in [5.41, 5.74) is 15.8. The minimum absolute atomic E-state index is 0. The predicted molar refractivity (Wildman–Crippen MR) is 265 cm³/mol. The fourth-order valence-electron chi connectivity index (χ4n) is 9.92. The molecule has 0 amide bonds. The third-order valence-electron chi connectivity index (χ3n) is 13.4. The van der Waals surface area contributed by atoms with Crippen LogP contribution in [0, 0.1) is 31.1 Å². The zero-order valence-electron chi connectivity index (χ0n) is 39.0. The van der Waals surface area contributed by atoms with Crippen LogP contribution in [-0.2, 0) is 17.0 Å². The van der Waals surface area contributed by atoms with Crippen LogP contribution >= 0.6 is 50.5 Å². The van der Waals surface area contributed by atoms with E-state index in [2.05, 4.69) is 198 Å². The Kier molecular flexibility index (Phi) is 21.6. The molecule has 0 aromatic heterocycles. The molecule has 318 valence electrons. The van der Waals surface area contributed by atoms with E-state index >= 15 is 0 Å². The number of allylic oxidation sites excluding steroid dienone is 4. The monoisotopic (exact) mass is 1000 g/mol. The average Bonchev–Trinajstić information content (AvgIpc) is 3.39. The number of hydrogen-bond acceptors (Lipinski definition) is 1. The van der Waals surface area contributed by atoms with Crippen molar-refractivity contribution in [3.8, 4) is 0 Å². The van der Waals surface area contributed by atoms with Crippen LogP contribution in [0.1, 0.15) is 157 Å². The van der Waals surface area contributed by atoms with E-state index in [9.17, 15) is 0 Å². The minimum atomic E-state index is -1.78. The van der Waals surface area contributed by atoms with E-state index in [-0.39, 0.29) is 7.43 Å². The van der Waals surface area contributed by atoms with Crippen LogP contribution in [0.2, 0.25) is 37.3 Å². The van der Waals surface area contributed by atoms with Crippen LogP contribution < -0.4 is 4.98 Å². The van der Waals surface area contributed by atoms with Crippen LogP contribution in [-0.4, -0.2) is 16.5 Å². The first-order chi connectivity index (χ1) is 25.2. The van der Waals surface area contributed by atoms with Crippen LogP contribution in [0.4, 0.5) is 11.4 Å². The maximum absolute atomic E-state index is 5.64. The van der Waals surface area contributed by atoms with E-state index in [1.165, 1.54) is 53.7 Å². The number of hydrogen-bond donors (Lipinski definition) is 1. The van der Waals surface area contributed by atoms with Gasteiger partial charge in [0.15, 0.2) is 8.24 Å². The van der Waals surface area contributed by atoms with Crippen molar-refractivity contribution in [1.82, 2.24) is 0 Å². The molecule has 0 saturated heterocycles. The van der Waals surface area contributed by atoms with E-state index in [1.807, 2.05) is 0 Å². The summed E-state index contributed by atoms with van der Waals surface area (Å²) in [6.45, 7) is 47.5. The molecule has 0 heterocycles. The van der Waals surface area contributed by atoms with Crippen molar-refractivity contribution in [3.05, 3.63) is 90.2 Å². The molecule has 2 aliphatic carbocycles. The van der Waals surface area contributed by atoms with E-state index in [0.717, 1.165) is 29.2 Å². The molecular formula is C47H78Br2Cl2N2Si2Ti-2. The number of rotatable bonds is 10. The molecule has 1 fully saturated rings. The molecule has 2 aromatic carbocycles. The number of halogens is 4. The number of anilines is 1. The van der Waals surface area contributed by atoms with Gasteiger partial charge in [0.05, 0.1) is 0 Å². The van der Waals surface area contributed by atoms with Crippen molar-refractivity contribution in [3.63, 3.8) is 0 Å². The van der Waals surface area contributed by atoms with E-state index in [1.54, 1.807) is 11.1 Å². The van der Waals surface area contributed by atoms with Crippen molar-refractivity contribution in [2.75, 3.05) is 4.98 Å². The zero-order chi connectivity index (χ0) is 42.7. The summed E-state index contributed by atoms with van der Waals surface area (Å²) in [5, 5.41) is 0. The van der Waals surface area contributed by atoms with Gasteiger partial charge in [0.25, 0.3) is 0 Å². The molecule has 0 radical (unpaired) electrons. The summed E-state index contributed by atoms with van der Waals surface area (Å²) in [6.07, 6.45) is 0. The van der Waals surface area contributed by atoms with E-state index in [0.29, 0.717) is 29.2 Å². The molecule has 56 heavy (non-hydrogen) atoms. The second kappa shape index (κ2) is 22.3. The van der Waals surface area contributed by atoms with Crippen molar-refractivity contribution < 1.29 is 17.0 Å². The molecule has 1 N–H and O–H groups in total. The Hall–Kier alpha value is 0.208. The Morgan fingerprint density at radius 1 is 0.607 bits per heavy atom. The maximum atomic E-state index is 5.64. The van der Waals surface area contributed by atoms with Gasteiger partial charge in [-0.05, 0) is 130 Å². The van der Waals surface area contributed by atoms with Gasteiger partial charge >= 0.3 is 35.6 Å². The first-order valence-corrected chi connectivity index (χ1v) is 32.7. The molecule has 0 bridgehead atoms. The fraction of sp³-hybridized carbons (Fsp3) is 0.638. The Morgan fingerprint density at radius 2 is 0.911 bits per heavy atom. The molecule has 2 nitrogen and oxygen atoms in total. The van der Waals surface area contributed by atoms with Crippen LogP contribution in [0.5, 0.6) is 0 Å². The first-order valence-electron chi connectivity index (χ1n) is 20.7. The Labute approximate surface area is 382 Å². The van der Waals surface area contributed by atoms with Gasteiger partial charge < -0.3 is 17.4 Å². The molecule has 1 saturated carbocycles. The van der Waals surface area contributed by atoms with Gasteiger partial charge in [0.1, 0.15) is 0 Å². The molecule has 0 spiro atoms. The van der Waals surface area contributed by atoms with Crippen LogP contribution in [0.3, 0.4) is 0 Å². The SMILES string of the molecule is CC(C)c1cc(Br)cc(C(C)C)c1[N-][Si](C)(C)C1C(C)C(C)C(C)C1C.CC1=C(C)C([Si](C)(C)Nc2c(C(C)C)cc(Br)cc2C(C)C)C(C)=C1C.[CH3-].[Cl][Ti][Cl]. The van der Waals surface area contributed by atoms with Crippen molar-refractivity contribution in [2.24, 2.45) is 23.7 Å². The topological polar surface area (TPSA) is 26.1 Å². The second-order valence-corrected chi connectivity index (χ2v) is 32.1. The van der Waals surface area contributed by atoms with Crippen LogP contribution in [0.25, 0.3) is 4.98 Å². The number of nitrogens with one attached hydrogen (secondary N) is 1. The third-order valence-corrected chi connectivity index (χ3v) is 21.0. The summed E-state index contributed by atoms with van der Waals surface area (Å²) in [5.74, 6) is 5.12. The Balaban J connectivity index is 0.000000515. The quantitative estimate of drug-likeness (QED) is 0.186. The fourth-order valence-corrected chi connectivity index (χ4v) is 18.7. The average molecular weight is 1010 g/mol. The van der Waals surface area contributed by atoms with Gasteiger partial charge in [-0.25, -0.2) is 0 Å². The van der Waals surface area contributed by atoms with Gasteiger partial charge in [0, 0.05) is 20.2 Å². The summed E-state index contributed by atoms with van der Waals surface area (Å²) < 4.78 is 2.38. The number of nitrogens with zero attached hydrogens (tertiary/aromatic N) is 1. The zero-order valence-corrected chi connectivity index (χ0v) is 47.3. The summed E-state index contributed by atoms with van der Waals surface area (Å²) in [6, 6.07) is 9.21. The molecule has 4 unspecified atom stereocenters. The molecule has 9 heteroatoms. The van der Waals surface area contributed by atoms with Gasteiger partial charge in [0.2, 0.25) is 0 Å². The standard InChI is InChI=1S/C23H39BrNSi.C23H36BrNSi.CH3.2ClH.Ti/c2*1-13(2)20-11-19(24)12-21(14(3)4)22(20)25-26(9,10)23-17(7)15(5)16(6)18(23)8;;;;/h11-18,23H,1-10H3;11-14,23,25H,1-10H3;1H3;2*1H;/q-1;;-1;;;+2/p-2. The Morgan fingerprint density at radius 3 is 1.21 bits per heavy atom. The first kappa shape index (κ1) is 54.2. The van der Waals surface area contributed by atoms with E-state index in [4.69, 9.17) is 23.6 Å². The van der Waals surface area contributed by atoms with Gasteiger partial charge in [-0.1, -0.05) is 169 Å². The summed E-state index contributed by atoms with van der Waals surface area (Å²) in [7, 11) is 6.22. The van der Waals surface area contributed by atoms with Crippen molar-refractivity contribution >= 4 is 78.3 Å². The Bertz CT molecular complexity index is 1590. The van der Waals surface area contributed by atoms with E-state index < -0.39 is 33.5 Å². The molecule has 4 atom stereocenters. The van der Waals surface area contributed by atoms with Gasteiger partial charge in [-0.3, -0.25) is 0 Å². The molecular weight excluding hydrogens is 927 g/mol. The van der Waals surface area contributed by atoms with Crippen molar-refractivity contribution in [1.29, 1.82) is 0 Å². The molecule has 4 rings (SSSR count). The summed E-state index contributed by atoms with van der Waals surface area (Å²) >= 11 is 6.91. The summed E-state index contributed by atoms with van der Waals surface area (Å²) in [4.78, 5) is 9.78. The second-order valence-electron chi connectivity index (χ2n) is 19.2. The molecule has 0 aliphatic heterocycles. The number of benzene rings is 2. The van der Waals surface area contributed by atoms with Gasteiger partial charge in [-0.2, -0.15) is 0 Å². The third kappa shape index (κ3) is 12.6. The van der Waals surface area contributed by atoms with Crippen molar-refractivity contribution in [2.45, 2.75) is 172 Å². The van der Waals surface area contributed by atoms with Gasteiger partial charge in [-0.15, -0.1) is 5.69 Å².